The van der Waals surface area contributed by atoms with Gasteiger partial charge >= 0.3 is 0 Å². The van der Waals surface area contributed by atoms with Crippen LogP contribution in [0.3, 0.4) is 0 Å². The van der Waals surface area contributed by atoms with Gasteiger partial charge in [0.05, 0.1) is 0 Å². The number of rotatable bonds is 4. The highest BCUT2D eigenvalue weighted by Gasteiger charge is 2.32. The molecule has 2 heterocycles. The van der Waals surface area contributed by atoms with E-state index in [1.54, 1.807) is 0 Å². The van der Waals surface area contributed by atoms with Crippen molar-refractivity contribution in [3.05, 3.63) is 0 Å². The highest BCUT2D eigenvalue weighted by Crippen LogP contribution is 2.13. The second-order valence-electron chi connectivity index (χ2n) is 4.91. The molecule has 7 nitrogen and oxygen atoms in total. The van der Waals surface area contributed by atoms with Crippen LogP contribution >= 0.6 is 0 Å². The predicted octanol–water partition coefficient (Wildman–Crippen LogP) is -1.12. The van der Waals surface area contributed by atoms with Gasteiger partial charge in [0.15, 0.2) is 0 Å². The van der Waals surface area contributed by atoms with Crippen molar-refractivity contribution in [2.24, 2.45) is 0 Å². The number of carbonyl (C=O) groups is 2. The molecule has 0 aromatic heterocycles. The van der Waals surface area contributed by atoms with Crippen LogP contribution in [-0.4, -0.2) is 70.6 Å². The van der Waals surface area contributed by atoms with Crippen molar-refractivity contribution in [2.45, 2.75) is 38.3 Å². The molecule has 2 amide bonds. The fourth-order valence-electron chi connectivity index (χ4n) is 2.43. The van der Waals surface area contributed by atoms with Crippen molar-refractivity contribution in [2.75, 3.05) is 26.2 Å². The first-order chi connectivity index (χ1) is 9.09. The summed E-state index contributed by atoms with van der Waals surface area (Å²) in [6.07, 6.45) is 0.0300. The monoisotopic (exact) mass is 272 g/mol. The fraction of sp³-hybridized carbons (Fsp3) is 0.833. The molecule has 2 unspecified atom stereocenters. The van der Waals surface area contributed by atoms with Crippen molar-refractivity contribution in [1.29, 1.82) is 0 Å². The van der Waals surface area contributed by atoms with E-state index in [1.807, 2.05) is 0 Å². The zero-order chi connectivity index (χ0) is 13.8. The standard InChI is InChI=1S/C12H20N2O5/c15-9(13-5-1-2-6-13)11(17)19-12(18)10(16)14-7-3-4-8-14/h11-12,17-18H,1-8H2. The molecule has 2 aliphatic heterocycles. The molecule has 2 saturated heterocycles. The van der Waals surface area contributed by atoms with Gasteiger partial charge in [0.1, 0.15) is 0 Å². The molecule has 7 heteroatoms. The van der Waals surface area contributed by atoms with E-state index in [-0.39, 0.29) is 0 Å². The minimum Gasteiger partial charge on any atom is -0.360 e. The smallest absolute Gasteiger partial charge is 0.279 e. The van der Waals surface area contributed by atoms with Gasteiger partial charge in [0, 0.05) is 26.2 Å². The molecule has 2 fully saturated rings. The zero-order valence-corrected chi connectivity index (χ0v) is 10.8. The first kappa shape index (κ1) is 14.2. The number of ether oxygens (including phenoxy) is 1. The van der Waals surface area contributed by atoms with E-state index in [0.29, 0.717) is 26.2 Å². The van der Waals surface area contributed by atoms with Crippen LogP contribution in [0.15, 0.2) is 0 Å². The minimum absolute atomic E-state index is 0.579. The van der Waals surface area contributed by atoms with Crippen molar-refractivity contribution in [1.82, 2.24) is 9.80 Å². The quantitative estimate of drug-likeness (QED) is 0.633. The molecule has 0 aromatic rings. The molecular weight excluding hydrogens is 252 g/mol. The van der Waals surface area contributed by atoms with Crippen molar-refractivity contribution < 1.29 is 24.5 Å². The van der Waals surface area contributed by atoms with E-state index in [9.17, 15) is 19.8 Å². The molecule has 2 atom stereocenters. The second kappa shape index (κ2) is 6.31. The van der Waals surface area contributed by atoms with Gasteiger partial charge in [-0.15, -0.1) is 0 Å². The molecular formula is C12H20N2O5. The summed E-state index contributed by atoms with van der Waals surface area (Å²) in [5.41, 5.74) is 0. The third kappa shape index (κ3) is 3.43. The maximum absolute atomic E-state index is 11.7. The highest BCUT2D eigenvalue weighted by molar-refractivity contribution is 5.82. The number of likely N-dealkylation sites (tertiary alicyclic amines) is 2. The van der Waals surface area contributed by atoms with Crippen LogP contribution in [0.25, 0.3) is 0 Å². The Hall–Kier alpha value is -1.18. The summed E-state index contributed by atoms with van der Waals surface area (Å²) in [7, 11) is 0. The number of aliphatic hydroxyl groups excluding tert-OH is 2. The highest BCUT2D eigenvalue weighted by atomic mass is 16.7. The number of aliphatic hydroxyl groups is 2. The molecule has 0 spiro atoms. The van der Waals surface area contributed by atoms with Crippen LogP contribution < -0.4 is 0 Å². The minimum atomic E-state index is -1.78. The Labute approximate surface area is 111 Å². The Bertz CT molecular complexity index is 305. The lowest BCUT2D eigenvalue weighted by atomic mass is 10.4. The van der Waals surface area contributed by atoms with Crippen molar-refractivity contribution in [3.8, 4) is 0 Å². The van der Waals surface area contributed by atoms with Crippen LogP contribution in [-0.2, 0) is 14.3 Å². The van der Waals surface area contributed by atoms with E-state index in [4.69, 9.17) is 4.74 Å². The fourth-order valence-corrected chi connectivity index (χ4v) is 2.43. The Morgan fingerprint density at radius 1 is 0.789 bits per heavy atom. The second-order valence-corrected chi connectivity index (χ2v) is 4.91. The predicted molar refractivity (Wildman–Crippen MR) is 64.7 cm³/mol. The third-order valence-electron chi connectivity index (χ3n) is 3.52. The topological polar surface area (TPSA) is 90.3 Å². The number of carbonyl (C=O) groups excluding carboxylic acids is 2. The first-order valence-corrected chi connectivity index (χ1v) is 6.69. The van der Waals surface area contributed by atoms with E-state index in [2.05, 4.69) is 0 Å². The Morgan fingerprint density at radius 3 is 1.42 bits per heavy atom. The number of amides is 2. The summed E-state index contributed by atoms with van der Waals surface area (Å²) in [4.78, 5) is 26.4. The lowest BCUT2D eigenvalue weighted by molar-refractivity contribution is -0.219. The average molecular weight is 272 g/mol. The van der Waals surface area contributed by atoms with Crippen LogP contribution in [0, 0.1) is 0 Å². The summed E-state index contributed by atoms with van der Waals surface area (Å²) in [6, 6.07) is 0. The molecule has 0 aliphatic carbocycles. The lowest BCUT2D eigenvalue weighted by Gasteiger charge is -2.23. The molecule has 2 N–H and O–H groups in total. The van der Waals surface area contributed by atoms with Gasteiger partial charge in [-0.05, 0) is 25.7 Å². The van der Waals surface area contributed by atoms with Gasteiger partial charge in [-0.25, -0.2) is 0 Å². The summed E-state index contributed by atoms with van der Waals surface area (Å²) < 4.78 is 4.73. The number of hydrogen-bond acceptors (Lipinski definition) is 5. The van der Waals surface area contributed by atoms with Gasteiger partial charge in [-0.2, -0.15) is 0 Å². The summed E-state index contributed by atoms with van der Waals surface area (Å²) in [6.45, 7) is 2.32. The number of hydrogen-bond donors (Lipinski definition) is 2. The zero-order valence-electron chi connectivity index (χ0n) is 10.8. The average Bonchev–Trinajstić information content (AvgIpc) is 3.09. The van der Waals surface area contributed by atoms with E-state index in [0.717, 1.165) is 25.7 Å². The number of nitrogens with zero attached hydrogens (tertiary/aromatic N) is 2. The van der Waals surface area contributed by atoms with Crippen LogP contribution in [0.1, 0.15) is 25.7 Å². The Balaban J connectivity index is 1.81. The molecule has 0 aromatic carbocycles. The van der Waals surface area contributed by atoms with Gasteiger partial charge in [-0.1, -0.05) is 0 Å². The van der Waals surface area contributed by atoms with Crippen LogP contribution in [0.2, 0.25) is 0 Å². The van der Waals surface area contributed by atoms with Crippen LogP contribution in [0.5, 0.6) is 0 Å². The normalized spacial score (nSPS) is 22.6. The largest absolute Gasteiger partial charge is 0.360 e. The van der Waals surface area contributed by atoms with E-state index < -0.39 is 24.4 Å². The molecule has 2 rings (SSSR count). The van der Waals surface area contributed by atoms with Gasteiger partial charge in [0.2, 0.25) is 12.6 Å². The molecule has 2 aliphatic rings. The Kier molecular flexibility index (Phi) is 4.73. The van der Waals surface area contributed by atoms with Crippen molar-refractivity contribution >= 4 is 11.8 Å². The summed E-state index contributed by atoms with van der Waals surface area (Å²) in [5.74, 6) is -1.18. The van der Waals surface area contributed by atoms with Crippen molar-refractivity contribution in [3.63, 3.8) is 0 Å². The van der Waals surface area contributed by atoms with E-state index in [1.165, 1.54) is 9.80 Å². The first-order valence-electron chi connectivity index (χ1n) is 6.69. The SMILES string of the molecule is O=C(C(O)OC(O)C(=O)N1CCCC1)N1CCCC1. The van der Waals surface area contributed by atoms with E-state index >= 15 is 0 Å². The maximum Gasteiger partial charge on any atom is 0.279 e. The maximum atomic E-state index is 11.7. The lowest BCUT2D eigenvalue weighted by Crippen LogP contribution is -2.45. The van der Waals surface area contributed by atoms with Crippen LogP contribution in [0.4, 0.5) is 0 Å². The van der Waals surface area contributed by atoms with Gasteiger partial charge in [-0.3, -0.25) is 9.59 Å². The molecule has 0 bridgehead atoms. The van der Waals surface area contributed by atoms with Gasteiger partial charge < -0.3 is 24.7 Å². The van der Waals surface area contributed by atoms with Gasteiger partial charge in [0.25, 0.3) is 11.8 Å². The third-order valence-corrected chi connectivity index (χ3v) is 3.52. The molecule has 0 saturated carbocycles. The Morgan fingerprint density at radius 2 is 1.11 bits per heavy atom. The molecule has 108 valence electrons. The molecule has 19 heavy (non-hydrogen) atoms. The summed E-state index contributed by atoms with van der Waals surface area (Å²) >= 11 is 0. The summed E-state index contributed by atoms with van der Waals surface area (Å²) in [5, 5.41) is 19.2. The molecule has 0 radical (unpaired) electrons.